The van der Waals surface area contributed by atoms with Crippen molar-refractivity contribution < 1.29 is 4.79 Å². The Hall–Kier alpha value is -3.88. The van der Waals surface area contributed by atoms with Crippen LogP contribution in [0.3, 0.4) is 0 Å². The third kappa shape index (κ3) is 5.03. The summed E-state index contributed by atoms with van der Waals surface area (Å²) in [7, 11) is 0. The van der Waals surface area contributed by atoms with Gasteiger partial charge in [0, 0.05) is 16.0 Å². The number of aromatic nitrogens is 3. The molecule has 2 atom stereocenters. The van der Waals surface area contributed by atoms with Crippen LogP contribution in [0.1, 0.15) is 35.6 Å². The molecular weight excluding hydrogens is 511 g/mol. The van der Waals surface area contributed by atoms with E-state index >= 15 is 0 Å². The van der Waals surface area contributed by atoms with Gasteiger partial charge in [0.05, 0.1) is 18.3 Å². The average Bonchev–Trinajstić information content (AvgIpc) is 3.47. The summed E-state index contributed by atoms with van der Waals surface area (Å²) in [4.78, 5) is 25.4. The van der Waals surface area contributed by atoms with Crippen molar-refractivity contribution in [3.8, 4) is 0 Å². The van der Waals surface area contributed by atoms with Crippen LogP contribution in [0.25, 0.3) is 0 Å². The molecule has 1 aromatic heterocycles. The van der Waals surface area contributed by atoms with E-state index in [9.17, 15) is 9.59 Å². The second-order valence-electron chi connectivity index (χ2n) is 8.84. The lowest BCUT2D eigenvalue weighted by molar-refractivity contribution is -0.118. The normalized spacial score (nSPS) is 16.0. The Bertz CT molecular complexity index is 1510. The zero-order valence-electron chi connectivity index (χ0n) is 20.0. The van der Waals surface area contributed by atoms with Gasteiger partial charge in [0.15, 0.2) is 0 Å². The monoisotopic (exact) mass is 534 g/mol. The number of hydrogen-bond donors (Lipinski definition) is 1. The lowest BCUT2D eigenvalue weighted by Gasteiger charge is -2.16. The van der Waals surface area contributed by atoms with Crippen molar-refractivity contribution in [3.05, 3.63) is 116 Å². The van der Waals surface area contributed by atoms with Crippen LogP contribution >= 0.6 is 23.2 Å². The molecule has 1 amide bonds. The molecule has 5 rings (SSSR count). The van der Waals surface area contributed by atoms with Gasteiger partial charge in [-0.25, -0.2) is 14.5 Å². The van der Waals surface area contributed by atoms with Gasteiger partial charge in [0.2, 0.25) is 11.9 Å². The van der Waals surface area contributed by atoms with E-state index in [0.29, 0.717) is 16.6 Å². The number of nitrogens with two attached hydrogens (primary N) is 1. The molecule has 0 fully saturated rings. The molecule has 0 spiro atoms. The van der Waals surface area contributed by atoms with E-state index in [4.69, 9.17) is 34.0 Å². The summed E-state index contributed by atoms with van der Waals surface area (Å²) < 4.78 is 2.61. The standard InChI is InChI=1S/C27H24Cl2N6O2/c1-17(18-7-11-21(28)12-8-18)35-27(37)33(16-24(30)36)26(32-35)34-15-23(19-5-3-2-4-6-19)25(31-34)20-9-13-22(29)14-10-20/h2-14,17,23H,15-16H2,1H3,(H2,30,36)/t17-,23-/m0/s1. The Morgan fingerprint density at radius 2 is 1.62 bits per heavy atom. The number of carbonyl (C=O) groups excluding carboxylic acids is 1. The maximum atomic E-state index is 13.4. The molecule has 8 nitrogen and oxygen atoms in total. The number of hydrazone groups is 1. The van der Waals surface area contributed by atoms with Gasteiger partial charge in [0.1, 0.15) is 6.54 Å². The maximum Gasteiger partial charge on any atom is 0.348 e. The smallest absolute Gasteiger partial charge is 0.348 e. The van der Waals surface area contributed by atoms with Crippen LogP contribution in [0.2, 0.25) is 10.0 Å². The molecule has 2 N–H and O–H groups in total. The first kappa shape index (κ1) is 24.8. The van der Waals surface area contributed by atoms with Crippen molar-refractivity contribution in [2.45, 2.75) is 25.4 Å². The van der Waals surface area contributed by atoms with Gasteiger partial charge < -0.3 is 5.73 Å². The summed E-state index contributed by atoms with van der Waals surface area (Å²) in [5.41, 5.74) is 8.67. The summed E-state index contributed by atoms with van der Waals surface area (Å²) >= 11 is 12.2. The molecule has 4 aromatic rings. The van der Waals surface area contributed by atoms with E-state index in [1.807, 2.05) is 73.7 Å². The van der Waals surface area contributed by atoms with E-state index in [-0.39, 0.29) is 18.4 Å². The predicted octanol–water partition coefficient (Wildman–Crippen LogP) is 4.45. The Morgan fingerprint density at radius 1 is 1.00 bits per heavy atom. The number of primary amides is 1. The number of halogens is 2. The molecule has 1 aliphatic rings. The Kier molecular flexibility index (Phi) is 6.86. The lowest BCUT2D eigenvalue weighted by Crippen LogP contribution is -2.33. The highest BCUT2D eigenvalue weighted by Crippen LogP contribution is 2.32. The van der Waals surface area contributed by atoms with Gasteiger partial charge >= 0.3 is 5.69 Å². The third-order valence-electron chi connectivity index (χ3n) is 6.39. The third-order valence-corrected chi connectivity index (χ3v) is 6.89. The molecule has 0 radical (unpaired) electrons. The predicted molar refractivity (Wildman–Crippen MR) is 145 cm³/mol. The van der Waals surface area contributed by atoms with Gasteiger partial charge in [-0.05, 0) is 47.9 Å². The Balaban J connectivity index is 1.60. The van der Waals surface area contributed by atoms with E-state index < -0.39 is 17.6 Å². The molecule has 3 aromatic carbocycles. The fourth-order valence-corrected chi connectivity index (χ4v) is 4.73. The number of amides is 1. The number of hydrogen-bond acceptors (Lipinski definition) is 5. The summed E-state index contributed by atoms with van der Waals surface area (Å²) in [6, 6.07) is 24.2. The van der Waals surface area contributed by atoms with Crippen molar-refractivity contribution in [1.82, 2.24) is 14.3 Å². The minimum absolute atomic E-state index is 0.0988. The molecule has 37 heavy (non-hydrogen) atoms. The van der Waals surface area contributed by atoms with Gasteiger partial charge in [-0.15, -0.1) is 5.10 Å². The Labute approximate surface area is 223 Å². The first-order valence-electron chi connectivity index (χ1n) is 11.7. The summed E-state index contributed by atoms with van der Waals surface area (Å²) in [5, 5.41) is 12.4. The van der Waals surface area contributed by atoms with Crippen molar-refractivity contribution >= 4 is 40.8 Å². The van der Waals surface area contributed by atoms with Crippen LogP contribution < -0.4 is 16.4 Å². The molecule has 1 aliphatic heterocycles. The highest BCUT2D eigenvalue weighted by molar-refractivity contribution is 6.31. The average molecular weight is 535 g/mol. The van der Waals surface area contributed by atoms with Crippen molar-refractivity contribution in [3.63, 3.8) is 0 Å². The number of carbonyl (C=O) groups is 1. The molecule has 0 saturated heterocycles. The topological polar surface area (TPSA) is 98.5 Å². The first-order valence-corrected chi connectivity index (χ1v) is 12.5. The number of rotatable bonds is 7. The SMILES string of the molecule is C[C@@H](c1ccc(Cl)cc1)n1nc(N2C[C@@H](c3ccccc3)C(c3ccc(Cl)cc3)=N2)n(CC(N)=O)c1=O. The largest absolute Gasteiger partial charge is 0.368 e. The number of nitrogens with zero attached hydrogens (tertiary/aromatic N) is 5. The number of anilines is 1. The highest BCUT2D eigenvalue weighted by atomic mass is 35.5. The highest BCUT2D eigenvalue weighted by Gasteiger charge is 2.33. The number of benzene rings is 3. The van der Waals surface area contributed by atoms with E-state index in [2.05, 4.69) is 5.10 Å². The molecule has 0 aliphatic carbocycles. The van der Waals surface area contributed by atoms with Gasteiger partial charge in [0.25, 0.3) is 0 Å². The van der Waals surface area contributed by atoms with Crippen molar-refractivity contribution in [1.29, 1.82) is 0 Å². The summed E-state index contributed by atoms with van der Waals surface area (Å²) in [6.45, 7) is 1.96. The molecule has 10 heteroatoms. The molecule has 188 valence electrons. The van der Waals surface area contributed by atoms with Crippen LogP contribution in [0.15, 0.2) is 88.8 Å². The first-order chi connectivity index (χ1) is 17.8. The van der Waals surface area contributed by atoms with Crippen LogP contribution in [-0.2, 0) is 11.3 Å². The minimum Gasteiger partial charge on any atom is -0.368 e. The van der Waals surface area contributed by atoms with E-state index in [1.54, 1.807) is 17.1 Å². The van der Waals surface area contributed by atoms with E-state index in [1.165, 1.54) is 9.25 Å². The van der Waals surface area contributed by atoms with Gasteiger partial charge in [-0.2, -0.15) is 5.10 Å². The van der Waals surface area contributed by atoms with Gasteiger partial charge in [-0.1, -0.05) is 77.8 Å². The molecule has 0 saturated carbocycles. The fraction of sp³-hybridized carbons (Fsp3) is 0.185. The second-order valence-corrected chi connectivity index (χ2v) is 9.72. The minimum atomic E-state index is -0.650. The zero-order valence-corrected chi connectivity index (χ0v) is 21.5. The van der Waals surface area contributed by atoms with Crippen LogP contribution in [0.5, 0.6) is 0 Å². The quantitative estimate of drug-likeness (QED) is 0.378. The second kappa shape index (κ2) is 10.2. The zero-order chi connectivity index (χ0) is 26.1. The molecule has 2 heterocycles. The van der Waals surface area contributed by atoms with Crippen molar-refractivity contribution in [2.75, 3.05) is 11.6 Å². The van der Waals surface area contributed by atoms with Crippen LogP contribution in [0.4, 0.5) is 5.95 Å². The fourth-order valence-electron chi connectivity index (χ4n) is 4.48. The lowest BCUT2D eigenvalue weighted by atomic mass is 9.91. The van der Waals surface area contributed by atoms with Gasteiger partial charge in [-0.3, -0.25) is 9.36 Å². The maximum absolute atomic E-state index is 13.4. The van der Waals surface area contributed by atoms with Crippen LogP contribution in [-0.4, -0.2) is 32.5 Å². The Morgan fingerprint density at radius 3 is 2.24 bits per heavy atom. The molecule has 0 unspecified atom stereocenters. The van der Waals surface area contributed by atoms with Crippen molar-refractivity contribution in [2.24, 2.45) is 10.8 Å². The molecular formula is C27H24Cl2N6O2. The summed E-state index contributed by atoms with van der Waals surface area (Å²) in [6.07, 6.45) is 0. The van der Waals surface area contributed by atoms with E-state index in [0.717, 1.165) is 22.4 Å². The molecule has 0 bridgehead atoms. The summed E-state index contributed by atoms with van der Waals surface area (Å²) in [5.74, 6) is -0.504. The van der Waals surface area contributed by atoms with Crippen LogP contribution in [0, 0.1) is 0 Å².